The highest BCUT2D eigenvalue weighted by Crippen LogP contribution is 2.26. The molecule has 1 amide bonds. The van der Waals surface area contributed by atoms with Crippen LogP contribution in [0, 0.1) is 6.92 Å². The molecule has 1 aromatic heterocycles. The van der Waals surface area contributed by atoms with E-state index in [1.807, 2.05) is 53.4 Å². The Morgan fingerprint density at radius 2 is 1.78 bits per heavy atom. The smallest absolute Gasteiger partial charge is 0.253 e. The fraction of sp³-hybridized carbons (Fsp3) is 0.238. The summed E-state index contributed by atoms with van der Waals surface area (Å²) in [5, 5.41) is 7.64. The molecule has 0 unspecified atom stereocenters. The third kappa shape index (κ3) is 3.69. The number of halogens is 1. The van der Waals surface area contributed by atoms with Crippen molar-refractivity contribution in [3.8, 4) is 11.3 Å². The van der Waals surface area contributed by atoms with Crippen molar-refractivity contribution in [3.63, 3.8) is 0 Å². The monoisotopic (exact) mass is 380 g/mol. The summed E-state index contributed by atoms with van der Waals surface area (Å²) in [7, 11) is 0. The Balaban J connectivity index is 1.42. The predicted molar refractivity (Wildman–Crippen MR) is 108 cm³/mol. The van der Waals surface area contributed by atoms with Crippen LogP contribution in [0.4, 0.5) is 5.69 Å². The van der Waals surface area contributed by atoms with Gasteiger partial charge in [-0.1, -0.05) is 29.8 Å². The predicted octanol–water partition coefficient (Wildman–Crippen LogP) is 4.00. The number of H-pyrrole nitrogens is 1. The number of nitrogens with one attached hydrogen (secondary N) is 1. The van der Waals surface area contributed by atoms with Gasteiger partial charge in [-0.2, -0.15) is 5.10 Å². The highest BCUT2D eigenvalue weighted by atomic mass is 35.5. The molecule has 0 saturated carbocycles. The van der Waals surface area contributed by atoms with E-state index in [-0.39, 0.29) is 5.91 Å². The van der Waals surface area contributed by atoms with Crippen LogP contribution in [0.1, 0.15) is 15.9 Å². The van der Waals surface area contributed by atoms with Gasteiger partial charge in [-0.25, -0.2) is 0 Å². The second-order valence-electron chi connectivity index (χ2n) is 6.76. The van der Waals surface area contributed by atoms with Gasteiger partial charge in [0, 0.05) is 48.6 Å². The van der Waals surface area contributed by atoms with Crippen molar-refractivity contribution in [2.45, 2.75) is 6.92 Å². The van der Waals surface area contributed by atoms with Gasteiger partial charge >= 0.3 is 0 Å². The normalized spacial score (nSPS) is 14.4. The molecule has 3 aromatic rings. The minimum absolute atomic E-state index is 0.0774. The van der Waals surface area contributed by atoms with E-state index in [2.05, 4.69) is 22.0 Å². The molecule has 2 heterocycles. The van der Waals surface area contributed by atoms with Crippen LogP contribution in [0.25, 0.3) is 11.3 Å². The Morgan fingerprint density at radius 3 is 2.44 bits per heavy atom. The van der Waals surface area contributed by atoms with Gasteiger partial charge in [-0.05, 0) is 48.4 Å². The van der Waals surface area contributed by atoms with Crippen molar-refractivity contribution >= 4 is 23.2 Å². The van der Waals surface area contributed by atoms with Crippen LogP contribution in [0.5, 0.6) is 0 Å². The van der Waals surface area contributed by atoms with Crippen LogP contribution >= 0.6 is 11.6 Å². The minimum atomic E-state index is 0.0774. The Hall–Kier alpha value is -2.79. The molecular weight excluding hydrogens is 360 g/mol. The van der Waals surface area contributed by atoms with E-state index >= 15 is 0 Å². The zero-order valence-electron chi connectivity index (χ0n) is 15.2. The lowest BCUT2D eigenvalue weighted by Gasteiger charge is -2.37. The van der Waals surface area contributed by atoms with E-state index < -0.39 is 0 Å². The van der Waals surface area contributed by atoms with Crippen LogP contribution < -0.4 is 4.90 Å². The summed E-state index contributed by atoms with van der Waals surface area (Å²) in [6.45, 7) is 5.10. The number of rotatable bonds is 3. The van der Waals surface area contributed by atoms with Crippen molar-refractivity contribution in [2.24, 2.45) is 0 Å². The molecule has 0 spiro atoms. The molecule has 138 valence electrons. The number of benzene rings is 2. The van der Waals surface area contributed by atoms with Gasteiger partial charge in [0.15, 0.2) is 0 Å². The van der Waals surface area contributed by atoms with E-state index in [9.17, 15) is 4.79 Å². The number of piperazine rings is 1. The number of anilines is 1. The van der Waals surface area contributed by atoms with Crippen molar-refractivity contribution in [1.82, 2.24) is 15.1 Å². The number of carbonyl (C=O) groups is 1. The molecule has 0 radical (unpaired) electrons. The van der Waals surface area contributed by atoms with Crippen LogP contribution in [0.15, 0.2) is 54.7 Å². The van der Waals surface area contributed by atoms with E-state index in [4.69, 9.17) is 11.6 Å². The first kappa shape index (κ1) is 17.6. The lowest BCUT2D eigenvalue weighted by Crippen LogP contribution is -2.49. The standard InChI is InChI=1S/C21H21ClN4O/c1-15-2-7-18(22)14-20(15)25-10-12-26(13-11-25)21(27)17-5-3-16(4-6-17)19-8-9-23-24-19/h2-9,14H,10-13H2,1H3,(H,23,24). The minimum Gasteiger partial charge on any atom is -0.368 e. The summed E-state index contributed by atoms with van der Waals surface area (Å²) in [5.74, 6) is 0.0774. The summed E-state index contributed by atoms with van der Waals surface area (Å²) in [6, 6.07) is 15.5. The molecular formula is C21H21ClN4O. The van der Waals surface area contributed by atoms with Crippen molar-refractivity contribution in [3.05, 3.63) is 70.9 Å². The molecule has 1 aliphatic heterocycles. The molecule has 2 aromatic carbocycles. The zero-order chi connectivity index (χ0) is 18.8. The quantitative estimate of drug-likeness (QED) is 0.747. The fourth-order valence-corrected chi connectivity index (χ4v) is 3.63. The maximum atomic E-state index is 12.8. The van der Waals surface area contributed by atoms with Crippen molar-refractivity contribution in [2.75, 3.05) is 31.1 Å². The molecule has 0 bridgehead atoms. The Kier molecular flexibility index (Phi) is 4.86. The molecule has 0 aliphatic carbocycles. The highest BCUT2D eigenvalue weighted by molar-refractivity contribution is 6.30. The molecule has 5 nitrogen and oxygen atoms in total. The maximum Gasteiger partial charge on any atom is 0.253 e. The maximum absolute atomic E-state index is 12.8. The number of hydrogen-bond donors (Lipinski definition) is 1. The summed E-state index contributed by atoms with van der Waals surface area (Å²) in [6.07, 6.45) is 1.72. The molecule has 6 heteroatoms. The summed E-state index contributed by atoms with van der Waals surface area (Å²) < 4.78 is 0. The van der Waals surface area contributed by atoms with Crippen LogP contribution in [-0.4, -0.2) is 47.2 Å². The first-order valence-corrected chi connectivity index (χ1v) is 9.40. The van der Waals surface area contributed by atoms with E-state index in [1.54, 1.807) is 6.20 Å². The van der Waals surface area contributed by atoms with Crippen LogP contribution in [0.3, 0.4) is 0 Å². The first-order chi connectivity index (χ1) is 13.1. The van der Waals surface area contributed by atoms with E-state index in [0.717, 1.165) is 35.1 Å². The fourth-order valence-electron chi connectivity index (χ4n) is 3.47. The number of amides is 1. The largest absolute Gasteiger partial charge is 0.368 e. The summed E-state index contributed by atoms with van der Waals surface area (Å²) in [4.78, 5) is 17.0. The summed E-state index contributed by atoms with van der Waals surface area (Å²) in [5.41, 5.74) is 5.03. The number of aromatic amines is 1. The van der Waals surface area contributed by atoms with Crippen molar-refractivity contribution in [1.29, 1.82) is 0 Å². The molecule has 27 heavy (non-hydrogen) atoms. The number of carbonyl (C=O) groups excluding carboxylic acids is 1. The zero-order valence-corrected chi connectivity index (χ0v) is 15.9. The Bertz CT molecular complexity index is 929. The van der Waals surface area contributed by atoms with Gasteiger partial charge in [0.05, 0.1) is 5.69 Å². The average molecular weight is 381 g/mol. The number of aromatic nitrogens is 2. The molecule has 4 rings (SSSR count). The lowest BCUT2D eigenvalue weighted by atomic mass is 10.1. The van der Waals surface area contributed by atoms with Gasteiger partial charge in [-0.3, -0.25) is 9.89 Å². The van der Waals surface area contributed by atoms with Gasteiger partial charge in [0.25, 0.3) is 5.91 Å². The first-order valence-electron chi connectivity index (χ1n) is 9.02. The molecule has 1 aliphatic rings. The second-order valence-corrected chi connectivity index (χ2v) is 7.19. The number of aryl methyl sites for hydroxylation is 1. The highest BCUT2D eigenvalue weighted by Gasteiger charge is 2.23. The summed E-state index contributed by atoms with van der Waals surface area (Å²) >= 11 is 6.15. The van der Waals surface area contributed by atoms with Gasteiger partial charge in [0.1, 0.15) is 0 Å². The third-order valence-corrected chi connectivity index (χ3v) is 5.26. The molecule has 1 fully saturated rings. The average Bonchev–Trinajstić information content (AvgIpc) is 3.24. The van der Waals surface area contributed by atoms with Gasteiger partial charge in [-0.15, -0.1) is 0 Å². The SMILES string of the molecule is Cc1ccc(Cl)cc1N1CCN(C(=O)c2ccc(-c3ccn[nH]3)cc2)CC1. The second kappa shape index (κ2) is 7.45. The van der Waals surface area contributed by atoms with Gasteiger partial charge in [0.2, 0.25) is 0 Å². The lowest BCUT2D eigenvalue weighted by molar-refractivity contribution is 0.0747. The van der Waals surface area contributed by atoms with Crippen molar-refractivity contribution < 1.29 is 4.79 Å². The molecule has 1 N–H and O–H groups in total. The Labute approximate surface area is 163 Å². The number of hydrogen-bond acceptors (Lipinski definition) is 3. The van der Waals surface area contributed by atoms with Crippen LogP contribution in [0.2, 0.25) is 5.02 Å². The molecule has 0 atom stereocenters. The third-order valence-electron chi connectivity index (χ3n) is 5.02. The van der Waals surface area contributed by atoms with Crippen LogP contribution in [-0.2, 0) is 0 Å². The van der Waals surface area contributed by atoms with E-state index in [0.29, 0.717) is 18.7 Å². The topological polar surface area (TPSA) is 52.2 Å². The Morgan fingerprint density at radius 1 is 1.04 bits per heavy atom. The van der Waals surface area contributed by atoms with Gasteiger partial charge < -0.3 is 9.80 Å². The molecule has 1 saturated heterocycles. The number of nitrogens with zero attached hydrogens (tertiary/aromatic N) is 3. The van der Waals surface area contributed by atoms with E-state index in [1.165, 1.54) is 5.56 Å².